The van der Waals surface area contributed by atoms with Crippen molar-refractivity contribution in [1.82, 2.24) is 10.6 Å². The van der Waals surface area contributed by atoms with E-state index in [0.29, 0.717) is 39.3 Å². The van der Waals surface area contributed by atoms with Gasteiger partial charge in [-0.05, 0) is 20.3 Å². The molecule has 0 heterocycles. The maximum atomic E-state index is 11.1. The Labute approximate surface area is 132 Å². The van der Waals surface area contributed by atoms with E-state index in [1.807, 2.05) is 6.92 Å². The number of halogens is 1. The van der Waals surface area contributed by atoms with Crippen LogP contribution in [0, 0.1) is 0 Å². The molecule has 0 aromatic heterocycles. The fourth-order valence-electron chi connectivity index (χ4n) is 1.28. The van der Waals surface area contributed by atoms with Crippen molar-refractivity contribution in [2.75, 3.05) is 40.0 Å². The first-order valence-electron chi connectivity index (χ1n) is 6.42. The highest BCUT2D eigenvalue weighted by atomic mass is 127. The predicted octanol–water partition coefficient (Wildman–Crippen LogP) is 1.15. The van der Waals surface area contributed by atoms with E-state index in [9.17, 15) is 4.79 Å². The first-order chi connectivity index (χ1) is 8.74. The summed E-state index contributed by atoms with van der Waals surface area (Å²) in [4.78, 5) is 15.2. The molecular weight excluding hydrogens is 361 g/mol. The van der Waals surface area contributed by atoms with E-state index in [1.54, 1.807) is 14.0 Å². The summed E-state index contributed by atoms with van der Waals surface area (Å²) >= 11 is 0. The number of guanidine groups is 1. The van der Waals surface area contributed by atoms with Gasteiger partial charge in [0.15, 0.2) is 5.96 Å². The van der Waals surface area contributed by atoms with Gasteiger partial charge in [0.2, 0.25) is 0 Å². The SMILES string of the molecule is CCOCCNC(=NC)NCCCC(=O)OCC.I. The number of ether oxygens (including phenoxy) is 2. The van der Waals surface area contributed by atoms with E-state index in [4.69, 9.17) is 9.47 Å². The van der Waals surface area contributed by atoms with Gasteiger partial charge >= 0.3 is 5.97 Å². The zero-order valence-electron chi connectivity index (χ0n) is 12.0. The third-order valence-electron chi connectivity index (χ3n) is 2.12. The van der Waals surface area contributed by atoms with E-state index in [1.165, 1.54) is 0 Å². The van der Waals surface area contributed by atoms with Crippen LogP contribution in [-0.4, -0.2) is 51.9 Å². The molecule has 0 aliphatic carbocycles. The minimum Gasteiger partial charge on any atom is -0.466 e. The summed E-state index contributed by atoms with van der Waals surface area (Å²) in [6, 6.07) is 0. The first-order valence-corrected chi connectivity index (χ1v) is 6.42. The van der Waals surface area contributed by atoms with E-state index in [2.05, 4.69) is 15.6 Å². The average molecular weight is 387 g/mol. The monoisotopic (exact) mass is 387 g/mol. The van der Waals surface area contributed by atoms with Crippen LogP contribution in [0.15, 0.2) is 4.99 Å². The minimum atomic E-state index is -0.154. The van der Waals surface area contributed by atoms with E-state index in [-0.39, 0.29) is 29.9 Å². The van der Waals surface area contributed by atoms with Crippen LogP contribution >= 0.6 is 24.0 Å². The second-order valence-electron chi connectivity index (χ2n) is 3.53. The Morgan fingerprint density at radius 2 is 1.84 bits per heavy atom. The van der Waals surface area contributed by atoms with Gasteiger partial charge in [-0.25, -0.2) is 0 Å². The highest BCUT2D eigenvalue weighted by molar-refractivity contribution is 14.0. The second-order valence-corrected chi connectivity index (χ2v) is 3.53. The molecule has 114 valence electrons. The van der Waals surface area contributed by atoms with E-state index < -0.39 is 0 Å². The fraction of sp³-hybridized carbons (Fsp3) is 0.833. The summed E-state index contributed by atoms with van der Waals surface area (Å²) in [5.74, 6) is 0.567. The number of hydrogen-bond acceptors (Lipinski definition) is 4. The molecule has 0 saturated carbocycles. The maximum Gasteiger partial charge on any atom is 0.305 e. The Bertz CT molecular complexity index is 250. The number of hydrogen-bond donors (Lipinski definition) is 2. The van der Waals surface area contributed by atoms with Crippen LogP contribution in [0.5, 0.6) is 0 Å². The highest BCUT2D eigenvalue weighted by Gasteiger charge is 2.01. The highest BCUT2D eigenvalue weighted by Crippen LogP contribution is 1.91. The van der Waals surface area contributed by atoms with Crippen LogP contribution in [0.2, 0.25) is 0 Å². The van der Waals surface area contributed by atoms with Crippen LogP contribution in [0.1, 0.15) is 26.7 Å². The lowest BCUT2D eigenvalue weighted by Crippen LogP contribution is -2.39. The number of esters is 1. The standard InChI is InChI=1S/C12H25N3O3.HI/c1-4-17-10-9-15-12(13-3)14-8-6-7-11(16)18-5-2;/h4-10H2,1-3H3,(H2,13,14,15);1H. The molecule has 19 heavy (non-hydrogen) atoms. The summed E-state index contributed by atoms with van der Waals surface area (Å²) in [5, 5.41) is 6.23. The van der Waals surface area contributed by atoms with Crippen molar-refractivity contribution in [3.05, 3.63) is 0 Å². The Balaban J connectivity index is 0. The average Bonchev–Trinajstić information content (AvgIpc) is 2.37. The van der Waals surface area contributed by atoms with Gasteiger partial charge in [0, 0.05) is 33.2 Å². The zero-order valence-corrected chi connectivity index (χ0v) is 14.4. The van der Waals surface area contributed by atoms with Crippen molar-refractivity contribution in [3.63, 3.8) is 0 Å². The molecule has 0 amide bonds. The Kier molecular flexibility index (Phi) is 16.9. The number of aliphatic imine (C=N–C) groups is 1. The normalized spacial score (nSPS) is 10.6. The van der Waals surface area contributed by atoms with Gasteiger partial charge in [0.05, 0.1) is 13.2 Å². The third kappa shape index (κ3) is 13.7. The molecule has 0 saturated heterocycles. The lowest BCUT2D eigenvalue weighted by atomic mass is 10.3. The third-order valence-corrected chi connectivity index (χ3v) is 2.12. The fourth-order valence-corrected chi connectivity index (χ4v) is 1.28. The quantitative estimate of drug-likeness (QED) is 0.204. The van der Waals surface area contributed by atoms with Crippen molar-refractivity contribution in [2.45, 2.75) is 26.7 Å². The van der Waals surface area contributed by atoms with Crippen molar-refractivity contribution in [3.8, 4) is 0 Å². The molecule has 0 aromatic carbocycles. The largest absolute Gasteiger partial charge is 0.466 e. The molecule has 7 heteroatoms. The van der Waals surface area contributed by atoms with Crippen LogP contribution in [0.25, 0.3) is 0 Å². The lowest BCUT2D eigenvalue weighted by molar-refractivity contribution is -0.143. The smallest absolute Gasteiger partial charge is 0.305 e. The second kappa shape index (κ2) is 15.5. The molecular formula is C12H26IN3O3. The summed E-state index contributed by atoms with van der Waals surface area (Å²) < 4.78 is 10.0. The zero-order chi connectivity index (χ0) is 13.6. The number of nitrogens with zero attached hydrogens (tertiary/aromatic N) is 1. The molecule has 0 unspecified atom stereocenters. The number of carbonyl (C=O) groups excluding carboxylic acids is 1. The molecule has 0 rings (SSSR count). The summed E-state index contributed by atoms with van der Waals surface area (Å²) in [6.45, 7) is 6.97. The Morgan fingerprint density at radius 3 is 2.42 bits per heavy atom. The van der Waals surface area contributed by atoms with Crippen LogP contribution in [0.3, 0.4) is 0 Å². The number of rotatable bonds is 9. The molecule has 0 fully saturated rings. The number of nitrogens with one attached hydrogen (secondary N) is 2. The van der Waals surface area contributed by atoms with Crippen molar-refractivity contribution < 1.29 is 14.3 Å². The van der Waals surface area contributed by atoms with Crippen LogP contribution < -0.4 is 10.6 Å². The summed E-state index contributed by atoms with van der Waals surface area (Å²) in [5.41, 5.74) is 0. The molecule has 0 aromatic rings. The molecule has 0 aliphatic heterocycles. The molecule has 6 nitrogen and oxygen atoms in total. The molecule has 0 aliphatic rings. The maximum absolute atomic E-state index is 11.1. The van der Waals surface area contributed by atoms with Crippen LogP contribution in [0.4, 0.5) is 0 Å². The van der Waals surface area contributed by atoms with Gasteiger partial charge in [-0.2, -0.15) is 0 Å². The molecule has 0 bridgehead atoms. The predicted molar refractivity (Wildman–Crippen MR) is 87.1 cm³/mol. The van der Waals surface area contributed by atoms with Gasteiger partial charge in [-0.15, -0.1) is 24.0 Å². The summed E-state index contributed by atoms with van der Waals surface area (Å²) in [7, 11) is 1.71. The van der Waals surface area contributed by atoms with Crippen molar-refractivity contribution in [2.24, 2.45) is 4.99 Å². The van der Waals surface area contributed by atoms with Gasteiger partial charge in [0.1, 0.15) is 0 Å². The van der Waals surface area contributed by atoms with Crippen molar-refractivity contribution >= 4 is 35.9 Å². The van der Waals surface area contributed by atoms with Gasteiger partial charge in [-0.3, -0.25) is 9.79 Å². The number of carbonyl (C=O) groups is 1. The van der Waals surface area contributed by atoms with Gasteiger partial charge in [-0.1, -0.05) is 0 Å². The van der Waals surface area contributed by atoms with E-state index in [0.717, 1.165) is 12.4 Å². The van der Waals surface area contributed by atoms with Gasteiger partial charge in [0.25, 0.3) is 0 Å². The molecule has 0 atom stereocenters. The summed E-state index contributed by atoms with van der Waals surface area (Å²) in [6.07, 6.45) is 1.15. The first kappa shape index (κ1) is 20.7. The Hall–Kier alpha value is -0.570. The van der Waals surface area contributed by atoms with Gasteiger partial charge < -0.3 is 20.1 Å². The molecule has 0 spiro atoms. The minimum absolute atomic E-state index is 0. The molecule has 0 radical (unpaired) electrons. The van der Waals surface area contributed by atoms with Crippen molar-refractivity contribution in [1.29, 1.82) is 0 Å². The Morgan fingerprint density at radius 1 is 1.16 bits per heavy atom. The topological polar surface area (TPSA) is 72.0 Å². The molecule has 2 N–H and O–H groups in total. The van der Waals surface area contributed by atoms with E-state index >= 15 is 0 Å². The van der Waals surface area contributed by atoms with Crippen LogP contribution in [-0.2, 0) is 14.3 Å². The lowest BCUT2D eigenvalue weighted by Gasteiger charge is -2.11.